The number of nitrogens with zero attached hydrogens (tertiary/aromatic N) is 1. The number of halogens is 3. The van der Waals surface area contributed by atoms with Crippen molar-refractivity contribution in [3.05, 3.63) is 79.2 Å². The average molecular weight is 397 g/mol. The van der Waals surface area contributed by atoms with Gasteiger partial charge in [-0.15, -0.1) is 0 Å². The average Bonchev–Trinajstić information content (AvgIpc) is 2.83. The SMILES string of the molecule is Cc1on(C(C)(C)c2cc(Cl)cc(Cl)c2)c(=O)c1-c1ccc(Cl)cc1. The zero-order valence-electron chi connectivity index (χ0n) is 13.9. The standard InChI is InChI=1S/C19H16Cl3NO2/c1-11-17(12-4-6-14(20)7-5-12)18(24)23(25-11)19(2,3)13-8-15(21)10-16(22)9-13/h4-10H,1-3H3. The van der Waals surface area contributed by atoms with E-state index in [0.29, 0.717) is 26.4 Å². The Kier molecular flexibility index (Phi) is 4.76. The molecule has 2 aromatic carbocycles. The highest BCUT2D eigenvalue weighted by atomic mass is 35.5. The highest BCUT2D eigenvalue weighted by molar-refractivity contribution is 6.34. The van der Waals surface area contributed by atoms with Crippen molar-refractivity contribution in [1.82, 2.24) is 4.74 Å². The van der Waals surface area contributed by atoms with Crippen molar-refractivity contribution in [2.75, 3.05) is 0 Å². The third kappa shape index (κ3) is 3.37. The molecule has 0 unspecified atom stereocenters. The Labute approximate surface area is 160 Å². The predicted octanol–water partition coefficient (Wildman–Crippen LogP) is 6.16. The van der Waals surface area contributed by atoms with E-state index in [1.54, 1.807) is 49.4 Å². The Bertz CT molecular complexity index is 965. The summed E-state index contributed by atoms with van der Waals surface area (Å²) in [5.74, 6) is 0.536. The largest absolute Gasteiger partial charge is 0.380 e. The lowest BCUT2D eigenvalue weighted by Gasteiger charge is -2.25. The summed E-state index contributed by atoms with van der Waals surface area (Å²) in [5.41, 5.74) is 1.07. The van der Waals surface area contributed by atoms with Gasteiger partial charge in [-0.2, -0.15) is 4.74 Å². The van der Waals surface area contributed by atoms with Crippen molar-refractivity contribution in [3.8, 4) is 11.1 Å². The van der Waals surface area contributed by atoms with Gasteiger partial charge in [0.2, 0.25) is 0 Å². The first-order valence-electron chi connectivity index (χ1n) is 7.66. The molecule has 0 amide bonds. The number of rotatable bonds is 3. The Morgan fingerprint density at radius 2 is 1.48 bits per heavy atom. The molecule has 6 heteroatoms. The molecule has 0 bridgehead atoms. The van der Waals surface area contributed by atoms with E-state index in [1.165, 1.54) is 4.74 Å². The summed E-state index contributed by atoms with van der Waals surface area (Å²) in [6.45, 7) is 5.53. The normalized spacial score (nSPS) is 11.8. The van der Waals surface area contributed by atoms with Gasteiger partial charge in [-0.25, -0.2) is 0 Å². The minimum Gasteiger partial charge on any atom is -0.380 e. The van der Waals surface area contributed by atoms with Crippen molar-refractivity contribution in [2.24, 2.45) is 0 Å². The quantitative estimate of drug-likeness (QED) is 0.531. The van der Waals surface area contributed by atoms with E-state index in [-0.39, 0.29) is 5.56 Å². The number of hydrogen-bond acceptors (Lipinski definition) is 2. The summed E-state index contributed by atoms with van der Waals surface area (Å²) in [7, 11) is 0. The van der Waals surface area contributed by atoms with E-state index in [1.807, 2.05) is 13.8 Å². The van der Waals surface area contributed by atoms with E-state index in [2.05, 4.69) is 0 Å². The molecule has 0 aliphatic rings. The number of hydrogen-bond donors (Lipinski definition) is 0. The van der Waals surface area contributed by atoms with Crippen molar-refractivity contribution >= 4 is 34.8 Å². The second-order valence-corrected chi connectivity index (χ2v) is 7.66. The van der Waals surface area contributed by atoms with Crippen LogP contribution in [0, 0.1) is 6.92 Å². The number of aromatic nitrogens is 1. The minimum atomic E-state index is -0.763. The van der Waals surface area contributed by atoms with Crippen LogP contribution in [0.4, 0.5) is 0 Å². The Hall–Kier alpha value is -1.68. The maximum atomic E-state index is 13.0. The van der Waals surface area contributed by atoms with E-state index in [0.717, 1.165) is 11.1 Å². The summed E-state index contributed by atoms with van der Waals surface area (Å²) in [5, 5.41) is 1.62. The first-order chi connectivity index (χ1) is 11.7. The molecule has 0 spiro atoms. The van der Waals surface area contributed by atoms with Crippen LogP contribution >= 0.6 is 34.8 Å². The lowest BCUT2D eigenvalue weighted by atomic mass is 9.94. The topological polar surface area (TPSA) is 35.1 Å². The molecule has 0 radical (unpaired) electrons. The second-order valence-electron chi connectivity index (χ2n) is 6.35. The monoisotopic (exact) mass is 395 g/mol. The van der Waals surface area contributed by atoms with Gasteiger partial charge in [0, 0.05) is 15.1 Å². The van der Waals surface area contributed by atoms with Gasteiger partial charge >= 0.3 is 0 Å². The molecule has 130 valence electrons. The fourth-order valence-corrected chi connectivity index (χ4v) is 3.46. The molecular formula is C19H16Cl3NO2. The molecule has 1 aromatic heterocycles. The number of benzene rings is 2. The molecule has 3 rings (SSSR count). The van der Waals surface area contributed by atoms with Gasteiger partial charge < -0.3 is 4.52 Å². The highest BCUT2D eigenvalue weighted by Gasteiger charge is 2.30. The first kappa shape index (κ1) is 18.1. The fourth-order valence-electron chi connectivity index (χ4n) is 2.81. The summed E-state index contributed by atoms with van der Waals surface area (Å²) >= 11 is 18.2. The van der Waals surface area contributed by atoms with Crippen molar-refractivity contribution < 1.29 is 4.52 Å². The van der Waals surface area contributed by atoms with Crippen molar-refractivity contribution in [2.45, 2.75) is 26.3 Å². The van der Waals surface area contributed by atoms with Crippen LogP contribution in [-0.4, -0.2) is 4.74 Å². The van der Waals surface area contributed by atoms with Crippen LogP contribution in [-0.2, 0) is 5.54 Å². The molecule has 0 saturated carbocycles. The summed E-state index contributed by atoms with van der Waals surface area (Å²) in [4.78, 5) is 13.0. The second kappa shape index (κ2) is 6.56. The van der Waals surface area contributed by atoms with Crippen LogP contribution in [0.2, 0.25) is 15.1 Å². The molecule has 0 aliphatic heterocycles. The third-order valence-electron chi connectivity index (χ3n) is 4.19. The van der Waals surface area contributed by atoms with E-state index in [4.69, 9.17) is 39.3 Å². The molecule has 3 aromatic rings. The lowest BCUT2D eigenvalue weighted by molar-refractivity contribution is 0.166. The lowest BCUT2D eigenvalue weighted by Crippen LogP contribution is -2.35. The Morgan fingerprint density at radius 1 is 0.920 bits per heavy atom. The van der Waals surface area contributed by atoms with Gasteiger partial charge in [-0.3, -0.25) is 4.79 Å². The molecule has 0 N–H and O–H groups in total. The molecular weight excluding hydrogens is 381 g/mol. The van der Waals surface area contributed by atoms with Gasteiger partial charge in [0.15, 0.2) is 0 Å². The summed E-state index contributed by atoms with van der Waals surface area (Å²) in [6, 6.07) is 12.3. The molecule has 1 heterocycles. The van der Waals surface area contributed by atoms with Crippen LogP contribution in [0.15, 0.2) is 51.8 Å². The van der Waals surface area contributed by atoms with E-state index >= 15 is 0 Å². The van der Waals surface area contributed by atoms with Gasteiger partial charge in [0.25, 0.3) is 5.56 Å². The minimum absolute atomic E-state index is 0.221. The molecule has 0 atom stereocenters. The molecule has 0 saturated heterocycles. The van der Waals surface area contributed by atoms with Gasteiger partial charge in [-0.1, -0.05) is 46.9 Å². The Balaban J connectivity index is 2.16. The highest BCUT2D eigenvalue weighted by Crippen LogP contribution is 2.32. The fraction of sp³-hybridized carbons (Fsp3) is 0.211. The maximum absolute atomic E-state index is 13.0. The van der Waals surface area contributed by atoms with Gasteiger partial charge in [-0.05, 0) is 62.2 Å². The zero-order chi connectivity index (χ0) is 18.4. The van der Waals surface area contributed by atoms with Crippen LogP contribution in [0.3, 0.4) is 0 Å². The number of aryl methyl sites for hydroxylation is 1. The van der Waals surface area contributed by atoms with Crippen LogP contribution < -0.4 is 5.56 Å². The Morgan fingerprint density at radius 3 is 2.04 bits per heavy atom. The maximum Gasteiger partial charge on any atom is 0.291 e. The predicted molar refractivity (Wildman–Crippen MR) is 103 cm³/mol. The van der Waals surface area contributed by atoms with Crippen molar-refractivity contribution in [1.29, 1.82) is 0 Å². The molecule has 25 heavy (non-hydrogen) atoms. The van der Waals surface area contributed by atoms with E-state index in [9.17, 15) is 4.79 Å². The smallest absolute Gasteiger partial charge is 0.291 e. The van der Waals surface area contributed by atoms with Gasteiger partial charge in [0.05, 0.1) is 5.56 Å². The summed E-state index contributed by atoms with van der Waals surface area (Å²) in [6.07, 6.45) is 0. The van der Waals surface area contributed by atoms with Crippen LogP contribution in [0.5, 0.6) is 0 Å². The zero-order valence-corrected chi connectivity index (χ0v) is 16.2. The van der Waals surface area contributed by atoms with Crippen LogP contribution in [0.1, 0.15) is 25.2 Å². The third-order valence-corrected chi connectivity index (χ3v) is 4.88. The van der Waals surface area contributed by atoms with Gasteiger partial charge in [0.1, 0.15) is 11.3 Å². The first-order valence-corrected chi connectivity index (χ1v) is 8.79. The summed E-state index contributed by atoms with van der Waals surface area (Å²) < 4.78 is 7.17. The molecule has 3 nitrogen and oxygen atoms in total. The molecule has 0 aliphatic carbocycles. The van der Waals surface area contributed by atoms with Crippen LogP contribution in [0.25, 0.3) is 11.1 Å². The van der Waals surface area contributed by atoms with E-state index < -0.39 is 5.54 Å². The molecule has 0 fully saturated rings. The van der Waals surface area contributed by atoms with Crippen molar-refractivity contribution in [3.63, 3.8) is 0 Å².